The zero-order chi connectivity index (χ0) is 12.6. The van der Waals surface area contributed by atoms with Gasteiger partial charge in [-0.25, -0.2) is 4.39 Å². The first-order valence-corrected chi connectivity index (χ1v) is 5.23. The van der Waals surface area contributed by atoms with E-state index in [4.69, 9.17) is 4.74 Å². The first kappa shape index (κ1) is 12.2. The van der Waals surface area contributed by atoms with E-state index in [9.17, 15) is 17.6 Å². The highest BCUT2D eigenvalue weighted by Crippen LogP contribution is 2.34. The molecule has 1 fully saturated rings. The van der Waals surface area contributed by atoms with Crippen LogP contribution in [0.4, 0.5) is 17.6 Å². The molecule has 0 atom stereocenters. The zero-order valence-corrected chi connectivity index (χ0v) is 8.93. The molecule has 1 aromatic carbocycles. The van der Waals surface area contributed by atoms with Gasteiger partial charge in [0.2, 0.25) is 0 Å². The lowest BCUT2D eigenvalue weighted by Crippen LogP contribution is -2.32. The Morgan fingerprint density at radius 2 is 1.88 bits per heavy atom. The fourth-order valence-electron chi connectivity index (χ4n) is 1.72. The van der Waals surface area contributed by atoms with Crippen molar-refractivity contribution in [1.82, 2.24) is 0 Å². The predicted octanol–water partition coefficient (Wildman–Crippen LogP) is 3.84. The smallest absolute Gasteiger partial charge is 0.416 e. The summed E-state index contributed by atoms with van der Waals surface area (Å²) in [6.45, 7) is 3.78. The van der Waals surface area contributed by atoms with E-state index in [1.165, 1.54) is 0 Å². The third-order valence-corrected chi connectivity index (χ3v) is 2.75. The molecular weight excluding hydrogens is 236 g/mol. The number of hydrogen-bond acceptors (Lipinski definition) is 1. The fourth-order valence-corrected chi connectivity index (χ4v) is 1.72. The molecule has 5 heteroatoms. The molecule has 1 saturated carbocycles. The van der Waals surface area contributed by atoms with Gasteiger partial charge in [0, 0.05) is 0 Å². The van der Waals surface area contributed by atoms with Gasteiger partial charge in [-0.15, -0.1) is 0 Å². The van der Waals surface area contributed by atoms with Crippen molar-refractivity contribution in [2.24, 2.45) is 5.92 Å². The molecule has 0 heterocycles. The van der Waals surface area contributed by atoms with E-state index in [1.54, 1.807) is 0 Å². The van der Waals surface area contributed by atoms with Gasteiger partial charge in [-0.1, -0.05) is 0 Å². The molecule has 17 heavy (non-hydrogen) atoms. The average molecular weight is 247 g/mol. The van der Waals surface area contributed by atoms with Gasteiger partial charge >= 0.3 is 6.18 Å². The third-order valence-electron chi connectivity index (χ3n) is 2.75. The van der Waals surface area contributed by atoms with Crippen LogP contribution in [0.1, 0.15) is 18.4 Å². The van der Waals surface area contributed by atoms with Crippen LogP contribution >= 0.6 is 0 Å². The molecular formula is C12H11F4O. The van der Waals surface area contributed by atoms with Gasteiger partial charge in [0.1, 0.15) is 0 Å². The van der Waals surface area contributed by atoms with Gasteiger partial charge in [-0.2, -0.15) is 13.2 Å². The van der Waals surface area contributed by atoms with Crippen LogP contribution in [0.3, 0.4) is 0 Å². The summed E-state index contributed by atoms with van der Waals surface area (Å²) in [6.07, 6.45) is -3.25. The Morgan fingerprint density at radius 1 is 1.24 bits per heavy atom. The number of alkyl halides is 3. The molecule has 0 amide bonds. The first-order chi connectivity index (χ1) is 7.86. The lowest BCUT2D eigenvalue weighted by atomic mass is 9.84. The van der Waals surface area contributed by atoms with Crippen LogP contribution in [-0.4, -0.2) is 6.10 Å². The molecule has 0 aliphatic heterocycles. The second kappa shape index (κ2) is 4.20. The van der Waals surface area contributed by atoms with Crippen LogP contribution in [-0.2, 0) is 6.18 Å². The van der Waals surface area contributed by atoms with Gasteiger partial charge in [0.25, 0.3) is 0 Å². The molecule has 2 rings (SSSR count). The van der Waals surface area contributed by atoms with Crippen LogP contribution in [0.5, 0.6) is 5.75 Å². The number of ether oxygens (including phenoxy) is 1. The summed E-state index contributed by atoms with van der Waals surface area (Å²) in [5.41, 5.74) is -1.01. The van der Waals surface area contributed by atoms with Crippen LogP contribution in [0.2, 0.25) is 0 Å². The normalized spacial score (nSPS) is 24.3. The SMILES string of the molecule is [CH2][C@H]1C[C@@H](Oc2ccc(C(F)(F)F)cc2F)C1. The zero-order valence-electron chi connectivity index (χ0n) is 8.93. The molecule has 1 aliphatic carbocycles. The maximum Gasteiger partial charge on any atom is 0.416 e. The molecule has 1 aromatic rings. The summed E-state index contributed by atoms with van der Waals surface area (Å²) in [7, 11) is 0. The molecule has 0 bridgehead atoms. The van der Waals surface area contributed by atoms with Gasteiger partial charge in [-0.05, 0) is 43.9 Å². The minimum atomic E-state index is -4.53. The average Bonchev–Trinajstić information content (AvgIpc) is 2.16. The number of benzene rings is 1. The van der Waals surface area contributed by atoms with Crippen molar-refractivity contribution in [3.63, 3.8) is 0 Å². The van der Waals surface area contributed by atoms with Crippen molar-refractivity contribution >= 4 is 0 Å². The standard InChI is InChI=1S/C12H11F4O/c1-7-4-9(5-7)17-11-3-2-8(6-10(11)13)12(14,15)16/h2-3,6-7,9H,1,4-5H2/t7-,9+. The Balaban J connectivity index is 2.09. The second-order valence-corrected chi connectivity index (χ2v) is 4.22. The van der Waals surface area contributed by atoms with E-state index in [1.807, 2.05) is 0 Å². The van der Waals surface area contributed by atoms with Gasteiger partial charge in [0.05, 0.1) is 11.7 Å². The number of rotatable bonds is 2. The summed E-state index contributed by atoms with van der Waals surface area (Å²) in [5, 5.41) is 0. The van der Waals surface area contributed by atoms with E-state index < -0.39 is 17.6 Å². The van der Waals surface area contributed by atoms with E-state index in [2.05, 4.69) is 6.92 Å². The van der Waals surface area contributed by atoms with Crippen molar-refractivity contribution in [2.45, 2.75) is 25.1 Å². The maximum absolute atomic E-state index is 13.4. The number of hydrogen-bond donors (Lipinski definition) is 0. The van der Waals surface area contributed by atoms with Crippen molar-refractivity contribution in [2.75, 3.05) is 0 Å². The Labute approximate surface area is 96.4 Å². The van der Waals surface area contributed by atoms with Gasteiger partial charge in [-0.3, -0.25) is 0 Å². The summed E-state index contributed by atoms with van der Waals surface area (Å²) < 4.78 is 55.4. The monoisotopic (exact) mass is 247 g/mol. The highest BCUT2D eigenvalue weighted by atomic mass is 19.4. The molecule has 0 unspecified atom stereocenters. The van der Waals surface area contributed by atoms with Crippen molar-refractivity contribution < 1.29 is 22.3 Å². The highest BCUT2D eigenvalue weighted by molar-refractivity contribution is 5.31. The molecule has 1 nitrogen and oxygen atoms in total. The van der Waals surface area contributed by atoms with Crippen LogP contribution in [0.15, 0.2) is 18.2 Å². The van der Waals surface area contributed by atoms with E-state index >= 15 is 0 Å². The minimum Gasteiger partial charge on any atom is -0.487 e. The van der Waals surface area contributed by atoms with Gasteiger partial charge in [0.15, 0.2) is 11.6 Å². The van der Waals surface area contributed by atoms with E-state index in [0.717, 1.165) is 12.1 Å². The Hall–Kier alpha value is -1.26. The summed E-state index contributed by atoms with van der Waals surface area (Å²) in [6, 6.07) is 2.29. The Bertz CT molecular complexity index is 407. The third kappa shape index (κ3) is 2.70. The van der Waals surface area contributed by atoms with Gasteiger partial charge < -0.3 is 4.74 Å². The molecule has 1 aliphatic rings. The fraction of sp³-hybridized carbons (Fsp3) is 0.417. The van der Waals surface area contributed by atoms with Crippen LogP contribution in [0.25, 0.3) is 0 Å². The first-order valence-electron chi connectivity index (χ1n) is 5.23. The molecule has 0 aromatic heterocycles. The molecule has 0 spiro atoms. The topological polar surface area (TPSA) is 9.23 Å². The minimum absolute atomic E-state index is 0.130. The summed E-state index contributed by atoms with van der Waals surface area (Å²) >= 11 is 0. The number of halogens is 4. The lowest BCUT2D eigenvalue weighted by molar-refractivity contribution is -0.137. The molecule has 0 N–H and O–H groups in total. The largest absolute Gasteiger partial charge is 0.487 e. The van der Waals surface area contributed by atoms with Crippen molar-refractivity contribution in [1.29, 1.82) is 0 Å². The van der Waals surface area contributed by atoms with Crippen molar-refractivity contribution in [3.05, 3.63) is 36.5 Å². The molecule has 0 saturated heterocycles. The Kier molecular flexibility index (Phi) is 3.02. The predicted molar refractivity (Wildman–Crippen MR) is 53.9 cm³/mol. The van der Waals surface area contributed by atoms with Crippen molar-refractivity contribution in [3.8, 4) is 5.75 Å². The maximum atomic E-state index is 13.4. The van der Waals surface area contributed by atoms with Crippen LogP contribution < -0.4 is 4.74 Å². The van der Waals surface area contributed by atoms with Crippen LogP contribution in [0, 0.1) is 18.7 Å². The van der Waals surface area contributed by atoms with E-state index in [0.29, 0.717) is 18.9 Å². The molecule has 93 valence electrons. The highest BCUT2D eigenvalue weighted by Gasteiger charge is 2.32. The summed E-state index contributed by atoms with van der Waals surface area (Å²) in [4.78, 5) is 0. The second-order valence-electron chi connectivity index (χ2n) is 4.22. The Morgan fingerprint density at radius 3 is 2.35 bits per heavy atom. The quantitative estimate of drug-likeness (QED) is 0.721. The van der Waals surface area contributed by atoms with E-state index in [-0.39, 0.29) is 17.8 Å². The molecule has 1 radical (unpaired) electrons. The summed E-state index contributed by atoms with van der Waals surface area (Å²) in [5.74, 6) is -0.820. The lowest BCUT2D eigenvalue weighted by Gasteiger charge is -2.32.